The quantitative estimate of drug-likeness (QED) is 0.911. The number of aliphatic carboxylic acids is 1. The minimum atomic E-state index is -0.929. The smallest absolute Gasteiger partial charge is 0.314 e. The summed E-state index contributed by atoms with van der Waals surface area (Å²) in [5, 5.41) is 9.67. The Hall–Kier alpha value is -1.58. The second-order valence-electron chi connectivity index (χ2n) is 5.20. The van der Waals surface area contributed by atoms with Gasteiger partial charge in [0, 0.05) is 11.1 Å². The van der Waals surface area contributed by atoms with Crippen LogP contribution in [-0.2, 0) is 10.2 Å². The standard InChI is InChI=1S/C15H19FO3/c1-10-12(16)7-6-11(13(10)19-2)15(14(17)18)8-4-3-5-9-15/h6-7H,3-5,8-9H2,1-2H3,(H,17,18). The first-order valence-electron chi connectivity index (χ1n) is 6.60. The molecule has 0 atom stereocenters. The summed E-state index contributed by atoms with van der Waals surface area (Å²) in [5.74, 6) is -0.822. The van der Waals surface area contributed by atoms with E-state index in [2.05, 4.69) is 0 Å². The van der Waals surface area contributed by atoms with Crippen molar-refractivity contribution in [2.75, 3.05) is 7.11 Å². The van der Waals surface area contributed by atoms with Crippen LogP contribution in [0.3, 0.4) is 0 Å². The maximum absolute atomic E-state index is 13.6. The van der Waals surface area contributed by atoms with Gasteiger partial charge < -0.3 is 9.84 Å². The number of hydrogen-bond acceptors (Lipinski definition) is 2. The van der Waals surface area contributed by atoms with Crippen molar-refractivity contribution in [2.45, 2.75) is 44.4 Å². The van der Waals surface area contributed by atoms with Crippen LogP contribution < -0.4 is 4.74 Å². The van der Waals surface area contributed by atoms with Gasteiger partial charge >= 0.3 is 5.97 Å². The number of methoxy groups -OCH3 is 1. The van der Waals surface area contributed by atoms with Gasteiger partial charge in [0.15, 0.2) is 0 Å². The minimum absolute atomic E-state index is 0.364. The van der Waals surface area contributed by atoms with Crippen LogP contribution >= 0.6 is 0 Å². The lowest BCUT2D eigenvalue weighted by Crippen LogP contribution is -2.38. The molecule has 104 valence electrons. The van der Waals surface area contributed by atoms with Crippen molar-refractivity contribution in [1.29, 1.82) is 0 Å². The fourth-order valence-corrected chi connectivity index (χ4v) is 3.06. The number of ether oxygens (including phenoxy) is 1. The molecule has 0 aliphatic heterocycles. The number of halogens is 1. The Balaban J connectivity index is 2.60. The van der Waals surface area contributed by atoms with Gasteiger partial charge in [-0.2, -0.15) is 0 Å². The molecule has 1 aliphatic rings. The van der Waals surface area contributed by atoms with E-state index >= 15 is 0 Å². The molecule has 0 aromatic heterocycles. The van der Waals surface area contributed by atoms with E-state index in [1.807, 2.05) is 0 Å². The van der Waals surface area contributed by atoms with E-state index in [9.17, 15) is 14.3 Å². The first-order chi connectivity index (χ1) is 9.03. The predicted octanol–water partition coefficient (Wildman–Crippen LogP) is 3.43. The molecule has 0 saturated heterocycles. The Morgan fingerprint density at radius 1 is 1.32 bits per heavy atom. The van der Waals surface area contributed by atoms with Gasteiger partial charge in [-0.1, -0.05) is 25.3 Å². The third kappa shape index (κ3) is 2.20. The Bertz CT molecular complexity index is 490. The Kier molecular flexibility index (Phi) is 3.78. The van der Waals surface area contributed by atoms with Gasteiger partial charge in [0.2, 0.25) is 0 Å². The van der Waals surface area contributed by atoms with Gasteiger partial charge in [-0.25, -0.2) is 4.39 Å². The molecule has 0 spiro atoms. The molecule has 0 radical (unpaired) electrons. The molecule has 19 heavy (non-hydrogen) atoms. The Morgan fingerprint density at radius 2 is 1.95 bits per heavy atom. The van der Waals surface area contributed by atoms with Crippen molar-refractivity contribution in [3.63, 3.8) is 0 Å². The van der Waals surface area contributed by atoms with Gasteiger partial charge in [-0.05, 0) is 25.8 Å². The second kappa shape index (κ2) is 5.19. The monoisotopic (exact) mass is 266 g/mol. The van der Waals surface area contributed by atoms with Gasteiger partial charge in [0.1, 0.15) is 11.6 Å². The van der Waals surface area contributed by atoms with E-state index in [1.54, 1.807) is 13.0 Å². The number of carbonyl (C=O) groups is 1. The summed E-state index contributed by atoms with van der Waals surface area (Å²) >= 11 is 0. The van der Waals surface area contributed by atoms with Crippen molar-refractivity contribution in [1.82, 2.24) is 0 Å². The van der Waals surface area contributed by atoms with Crippen LogP contribution in [0.25, 0.3) is 0 Å². The van der Waals surface area contributed by atoms with Crippen LogP contribution in [0.15, 0.2) is 12.1 Å². The molecular formula is C15H19FO3. The zero-order chi connectivity index (χ0) is 14.0. The van der Waals surface area contributed by atoms with Crippen molar-refractivity contribution in [2.24, 2.45) is 0 Å². The normalized spacial score (nSPS) is 18.1. The zero-order valence-electron chi connectivity index (χ0n) is 11.3. The van der Waals surface area contributed by atoms with Gasteiger partial charge in [0.25, 0.3) is 0 Å². The molecule has 1 fully saturated rings. The summed E-state index contributed by atoms with van der Waals surface area (Å²) in [7, 11) is 1.46. The fourth-order valence-electron chi connectivity index (χ4n) is 3.06. The second-order valence-corrected chi connectivity index (χ2v) is 5.20. The number of carboxylic acid groups (broad SMARTS) is 1. The molecule has 1 aromatic rings. The molecule has 1 N–H and O–H groups in total. The number of rotatable bonds is 3. The topological polar surface area (TPSA) is 46.5 Å². The minimum Gasteiger partial charge on any atom is -0.496 e. The highest BCUT2D eigenvalue weighted by atomic mass is 19.1. The molecular weight excluding hydrogens is 247 g/mol. The summed E-state index contributed by atoms with van der Waals surface area (Å²) in [4.78, 5) is 11.8. The molecule has 1 saturated carbocycles. The zero-order valence-corrected chi connectivity index (χ0v) is 11.3. The van der Waals surface area contributed by atoms with Crippen LogP contribution in [-0.4, -0.2) is 18.2 Å². The van der Waals surface area contributed by atoms with Crippen molar-refractivity contribution >= 4 is 5.97 Å². The molecule has 4 heteroatoms. The maximum atomic E-state index is 13.6. The van der Waals surface area contributed by atoms with Crippen LogP contribution in [0, 0.1) is 12.7 Å². The van der Waals surface area contributed by atoms with E-state index in [-0.39, 0.29) is 5.82 Å². The summed E-state index contributed by atoms with van der Waals surface area (Å²) < 4.78 is 18.9. The molecule has 0 unspecified atom stereocenters. The third-order valence-corrected chi connectivity index (χ3v) is 4.18. The van der Waals surface area contributed by atoms with Crippen LogP contribution in [0.2, 0.25) is 0 Å². The molecule has 1 aliphatic carbocycles. The first-order valence-corrected chi connectivity index (χ1v) is 6.60. The first kappa shape index (κ1) is 13.8. The van der Waals surface area contributed by atoms with Crippen LogP contribution in [0.4, 0.5) is 4.39 Å². The highest BCUT2D eigenvalue weighted by molar-refractivity contribution is 5.83. The predicted molar refractivity (Wildman–Crippen MR) is 70.1 cm³/mol. The van der Waals surface area contributed by atoms with Crippen LogP contribution in [0.1, 0.15) is 43.2 Å². The average Bonchev–Trinajstić information content (AvgIpc) is 2.42. The van der Waals surface area contributed by atoms with Crippen molar-refractivity contribution < 1.29 is 19.0 Å². The fraction of sp³-hybridized carbons (Fsp3) is 0.533. The Morgan fingerprint density at radius 3 is 2.47 bits per heavy atom. The lowest BCUT2D eigenvalue weighted by atomic mass is 9.69. The number of carboxylic acids is 1. The van der Waals surface area contributed by atoms with E-state index < -0.39 is 11.4 Å². The van der Waals surface area contributed by atoms with Gasteiger partial charge in [-0.15, -0.1) is 0 Å². The van der Waals surface area contributed by atoms with Crippen molar-refractivity contribution in [3.05, 3.63) is 29.1 Å². The lowest BCUT2D eigenvalue weighted by Gasteiger charge is -2.35. The molecule has 1 aromatic carbocycles. The maximum Gasteiger partial charge on any atom is 0.314 e. The molecule has 2 rings (SSSR count). The largest absolute Gasteiger partial charge is 0.496 e. The average molecular weight is 266 g/mol. The highest BCUT2D eigenvalue weighted by Gasteiger charge is 2.43. The summed E-state index contributed by atoms with van der Waals surface area (Å²) in [6, 6.07) is 2.91. The summed E-state index contributed by atoms with van der Waals surface area (Å²) in [6.07, 6.45) is 3.99. The third-order valence-electron chi connectivity index (χ3n) is 4.18. The highest BCUT2D eigenvalue weighted by Crippen LogP contribution is 2.44. The van der Waals surface area contributed by atoms with E-state index in [0.717, 1.165) is 19.3 Å². The molecule has 3 nitrogen and oxygen atoms in total. The lowest BCUT2D eigenvalue weighted by molar-refractivity contribution is -0.145. The van der Waals surface area contributed by atoms with E-state index in [4.69, 9.17) is 4.74 Å². The SMILES string of the molecule is COc1c(C2(C(=O)O)CCCCC2)ccc(F)c1C. The van der Waals surface area contributed by atoms with E-state index in [1.165, 1.54) is 13.2 Å². The number of hydrogen-bond donors (Lipinski definition) is 1. The molecule has 0 bridgehead atoms. The summed E-state index contributed by atoms with van der Waals surface area (Å²) in [5.41, 5.74) is 0.0644. The van der Waals surface area contributed by atoms with Gasteiger partial charge in [0.05, 0.1) is 12.5 Å². The molecule has 0 amide bonds. The van der Waals surface area contributed by atoms with Crippen molar-refractivity contribution in [3.8, 4) is 5.75 Å². The number of benzene rings is 1. The summed E-state index contributed by atoms with van der Waals surface area (Å²) in [6.45, 7) is 1.62. The van der Waals surface area contributed by atoms with Gasteiger partial charge in [-0.3, -0.25) is 4.79 Å². The van der Waals surface area contributed by atoms with E-state index in [0.29, 0.717) is 29.7 Å². The van der Waals surface area contributed by atoms with Crippen LogP contribution in [0.5, 0.6) is 5.75 Å². The Labute approximate surface area is 112 Å². The molecule has 0 heterocycles.